The molecule has 0 saturated heterocycles. The summed E-state index contributed by atoms with van der Waals surface area (Å²) in [5, 5.41) is 11.5. The van der Waals surface area contributed by atoms with Gasteiger partial charge in [0.2, 0.25) is 0 Å². The van der Waals surface area contributed by atoms with Crippen LogP contribution in [0.3, 0.4) is 0 Å². The van der Waals surface area contributed by atoms with Crippen LogP contribution >= 0.6 is 0 Å². The van der Waals surface area contributed by atoms with Gasteiger partial charge < -0.3 is 9.84 Å². The van der Waals surface area contributed by atoms with Crippen molar-refractivity contribution in [3.63, 3.8) is 0 Å². The van der Waals surface area contributed by atoms with Crippen LogP contribution in [-0.4, -0.2) is 35.4 Å². The van der Waals surface area contributed by atoms with Gasteiger partial charge in [0.1, 0.15) is 6.61 Å². The van der Waals surface area contributed by atoms with Gasteiger partial charge in [-0.05, 0) is 85.5 Å². The lowest BCUT2D eigenvalue weighted by Crippen LogP contribution is -2.57. The Morgan fingerprint density at radius 3 is 2.62 bits per heavy atom. The van der Waals surface area contributed by atoms with Crippen LogP contribution in [0.5, 0.6) is 0 Å². The number of ketones is 2. The zero-order chi connectivity index (χ0) is 24.1. The van der Waals surface area contributed by atoms with Crippen molar-refractivity contribution in [3.05, 3.63) is 11.6 Å². The molecule has 5 aliphatic rings. The molecule has 0 heterocycles. The molecule has 5 nitrogen and oxygen atoms in total. The largest absolute Gasteiger partial charge is 0.458 e. The first kappa shape index (κ1) is 24.2. The summed E-state index contributed by atoms with van der Waals surface area (Å²) < 4.78 is 5.44. The molecule has 4 saturated carbocycles. The van der Waals surface area contributed by atoms with Crippen molar-refractivity contribution >= 4 is 17.5 Å². The van der Waals surface area contributed by atoms with E-state index >= 15 is 0 Å². The fourth-order valence-electron chi connectivity index (χ4n) is 9.16. The summed E-state index contributed by atoms with van der Waals surface area (Å²) in [6, 6.07) is 0. The van der Waals surface area contributed by atoms with Crippen LogP contribution in [0.15, 0.2) is 11.6 Å². The molecule has 5 heteroatoms. The van der Waals surface area contributed by atoms with Gasteiger partial charge in [-0.3, -0.25) is 14.4 Å². The van der Waals surface area contributed by atoms with Gasteiger partial charge in [-0.25, -0.2) is 0 Å². The third-order valence-electron chi connectivity index (χ3n) is 10.9. The van der Waals surface area contributed by atoms with Crippen LogP contribution in [-0.2, 0) is 19.1 Å². The first-order chi connectivity index (χ1) is 16.2. The molecule has 5 rings (SSSR count). The number of aliphatic hydroxyl groups excluding tert-OH is 1. The fourth-order valence-corrected chi connectivity index (χ4v) is 9.16. The summed E-state index contributed by atoms with van der Waals surface area (Å²) >= 11 is 0. The molecular formula is C29H42O5. The Morgan fingerprint density at radius 2 is 1.85 bits per heavy atom. The minimum absolute atomic E-state index is 0.0377. The second-order valence-corrected chi connectivity index (χ2v) is 12.6. The third-order valence-corrected chi connectivity index (χ3v) is 10.9. The lowest BCUT2D eigenvalue weighted by molar-refractivity contribution is -0.155. The molecule has 1 N–H and O–H groups in total. The average Bonchev–Trinajstić information content (AvgIpc) is 3.43. The van der Waals surface area contributed by atoms with Crippen molar-refractivity contribution in [1.29, 1.82) is 0 Å². The molecule has 0 aliphatic heterocycles. The van der Waals surface area contributed by atoms with Gasteiger partial charge in [0, 0.05) is 18.8 Å². The molecule has 188 valence electrons. The highest BCUT2D eigenvalue weighted by atomic mass is 16.5. The second kappa shape index (κ2) is 9.19. The summed E-state index contributed by atoms with van der Waals surface area (Å²) in [6.45, 7) is 4.34. The number of carbonyl (C=O) groups excluding carboxylic acids is 3. The van der Waals surface area contributed by atoms with Crippen molar-refractivity contribution < 1.29 is 24.2 Å². The van der Waals surface area contributed by atoms with E-state index in [0.29, 0.717) is 37.0 Å². The van der Waals surface area contributed by atoms with E-state index in [9.17, 15) is 19.5 Å². The Morgan fingerprint density at radius 1 is 1.09 bits per heavy atom. The van der Waals surface area contributed by atoms with Gasteiger partial charge in [0.25, 0.3) is 0 Å². The third kappa shape index (κ3) is 4.10. The zero-order valence-corrected chi connectivity index (χ0v) is 21.0. The van der Waals surface area contributed by atoms with Gasteiger partial charge in [-0.1, -0.05) is 45.1 Å². The highest BCUT2D eigenvalue weighted by Crippen LogP contribution is 2.66. The molecule has 4 fully saturated rings. The maximum atomic E-state index is 13.3. The van der Waals surface area contributed by atoms with Crippen molar-refractivity contribution in [2.24, 2.45) is 40.4 Å². The fraction of sp³-hybridized carbons (Fsp3) is 0.828. The minimum Gasteiger partial charge on any atom is -0.458 e. The summed E-state index contributed by atoms with van der Waals surface area (Å²) in [6.07, 6.45) is 13.4. The van der Waals surface area contributed by atoms with Gasteiger partial charge in [0.15, 0.2) is 11.6 Å². The average molecular weight is 471 g/mol. The Kier molecular flexibility index (Phi) is 6.54. The lowest BCUT2D eigenvalue weighted by Gasteiger charge is -2.59. The molecular weight excluding hydrogens is 428 g/mol. The molecule has 0 aromatic rings. The molecule has 0 aromatic carbocycles. The number of allylic oxidation sites excluding steroid dienone is 1. The Labute approximate surface area is 204 Å². The predicted molar refractivity (Wildman–Crippen MR) is 129 cm³/mol. The quantitative estimate of drug-likeness (QED) is 0.541. The van der Waals surface area contributed by atoms with E-state index in [0.717, 1.165) is 38.5 Å². The normalized spacial score (nSPS) is 41.9. The number of rotatable bonds is 6. The number of fused-ring (bicyclic) bond motifs is 5. The molecule has 5 aliphatic carbocycles. The molecule has 34 heavy (non-hydrogen) atoms. The first-order valence-electron chi connectivity index (χ1n) is 13.8. The van der Waals surface area contributed by atoms with Crippen molar-refractivity contribution in [1.82, 2.24) is 0 Å². The molecule has 0 spiro atoms. The molecule has 7 unspecified atom stereocenters. The van der Waals surface area contributed by atoms with Crippen LogP contribution in [0.25, 0.3) is 0 Å². The molecule has 7 atom stereocenters. The standard InChI is InChI=1S/C29H42O5/c1-28-14-13-20(30)15-19(28)8-9-21-22-10-11-23(29(22,2)16-24(31)27(21)28)25(32)17-34-26(33)12-7-18-5-3-4-6-18/h15,18,21-24,27,31H,3-14,16-17H2,1-2H3. The second-order valence-electron chi connectivity index (χ2n) is 12.6. The number of esters is 1. The monoisotopic (exact) mass is 470 g/mol. The smallest absolute Gasteiger partial charge is 0.306 e. The number of hydrogen-bond donors (Lipinski definition) is 1. The SMILES string of the molecule is CC12CCC(=O)C=C1CCC1C2C(O)CC2(C)C(C(=O)COC(=O)CCC3CCCC3)CCC12. The lowest BCUT2D eigenvalue weighted by atomic mass is 9.46. The Hall–Kier alpha value is -1.49. The minimum atomic E-state index is -0.462. The summed E-state index contributed by atoms with van der Waals surface area (Å²) in [5.74, 6) is 1.48. The molecule has 0 aromatic heterocycles. The zero-order valence-electron chi connectivity index (χ0n) is 21.0. The van der Waals surface area contributed by atoms with Gasteiger partial charge in [0.05, 0.1) is 6.10 Å². The number of carbonyl (C=O) groups is 3. The number of Topliss-reactive ketones (excluding diaryl/α,β-unsaturated/α-hetero) is 1. The van der Waals surface area contributed by atoms with Gasteiger partial charge in [-0.15, -0.1) is 0 Å². The van der Waals surface area contributed by atoms with Crippen LogP contribution in [0.1, 0.15) is 97.3 Å². The van der Waals surface area contributed by atoms with Crippen LogP contribution in [0, 0.1) is 40.4 Å². The maximum absolute atomic E-state index is 13.3. The highest BCUT2D eigenvalue weighted by Gasteiger charge is 2.62. The van der Waals surface area contributed by atoms with Crippen LogP contribution in [0.2, 0.25) is 0 Å². The number of ether oxygens (including phenoxy) is 1. The number of aliphatic hydroxyl groups is 1. The van der Waals surface area contributed by atoms with Crippen LogP contribution < -0.4 is 0 Å². The van der Waals surface area contributed by atoms with E-state index in [1.807, 2.05) is 6.08 Å². The maximum Gasteiger partial charge on any atom is 0.306 e. The summed E-state index contributed by atoms with van der Waals surface area (Å²) in [5.41, 5.74) is 0.896. The highest BCUT2D eigenvalue weighted by molar-refractivity contribution is 5.91. The topological polar surface area (TPSA) is 80.7 Å². The van der Waals surface area contributed by atoms with Crippen molar-refractivity contribution in [2.75, 3.05) is 6.61 Å². The Bertz CT molecular complexity index is 870. The number of hydrogen-bond acceptors (Lipinski definition) is 5. The molecule has 0 radical (unpaired) electrons. The van der Waals surface area contributed by atoms with Crippen LogP contribution in [0.4, 0.5) is 0 Å². The van der Waals surface area contributed by atoms with E-state index < -0.39 is 6.10 Å². The van der Waals surface area contributed by atoms with Gasteiger partial charge in [-0.2, -0.15) is 0 Å². The molecule has 0 bridgehead atoms. The first-order valence-corrected chi connectivity index (χ1v) is 13.8. The van der Waals surface area contributed by atoms with E-state index in [2.05, 4.69) is 13.8 Å². The van der Waals surface area contributed by atoms with E-state index in [1.54, 1.807) is 0 Å². The molecule has 0 amide bonds. The summed E-state index contributed by atoms with van der Waals surface area (Å²) in [4.78, 5) is 37.6. The van der Waals surface area contributed by atoms with E-state index in [-0.39, 0.29) is 46.8 Å². The predicted octanol–water partition coefficient (Wildman–Crippen LogP) is 5.19. The van der Waals surface area contributed by atoms with Crippen molar-refractivity contribution in [2.45, 2.75) is 103 Å². The van der Waals surface area contributed by atoms with Crippen molar-refractivity contribution in [3.8, 4) is 0 Å². The Balaban J connectivity index is 1.23. The van der Waals surface area contributed by atoms with E-state index in [4.69, 9.17) is 4.74 Å². The van der Waals surface area contributed by atoms with E-state index in [1.165, 1.54) is 31.3 Å². The van der Waals surface area contributed by atoms with Gasteiger partial charge >= 0.3 is 5.97 Å². The summed E-state index contributed by atoms with van der Waals surface area (Å²) in [7, 11) is 0.